The second-order valence-corrected chi connectivity index (χ2v) is 7.09. The van der Waals surface area contributed by atoms with E-state index in [-0.39, 0.29) is 21.6 Å². The number of esters is 1. The molecule has 0 aliphatic heterocycles. The van der Waals surface area contributed by atoms with E-state index >= 15 is 0 Å². The van der Waals surface area contributed by atoms with Gasteiger partial charge in [0.2, 0.25) is 10.0 Å². The van der Waals surface area contributed by atoms with Crippen LogP contribution in [0.15, 0.2) is 21.5 Å². The third-order valence-electron chi connectivity index (χ3n) is 2.86. The van der Waals surface area contributed by atoms with E-state index in [1.165, 1.54) is 12.1 Å². The second-order valence-electron chi connectivity index (χ2n) is 4.27. The van der Waals surface area contributed by atoms with Gasteiger partial charge >= 0.3 is 5.97 Å². The predicted octanol–water partition coefficient (Wildman–Crippen LogP) is 2.46. The fourth-order valence-electron chi connectivity index (χ4n) is 1.62. The summed E-state index contributed by atoms with van der Waals surface area (Å²) in [6, 6.07) is 2.66. The molecule has 1 fully saturated rings. The van der Waals surface area contributed by atoms with Crippen LogP contribution in [-0.4, -0.2) is 20.5 Å². The van der Waals surface area contributed by atoms with Gasteiger partial charge in [0.25, 0.3) is 0 Å². The van der Waals surface area contributed by atoms with E-state index in [1.807, 2.05) is 0 Å². The first-order valence-corrected chi connectivity index (χ1v) is 8.23. The van der Waals surface area contributed by atoms with Crippen LogP contribution in [-0.2, 0) is 14.8 Å². The van der Waals surface area contributed by atoms with E-state index in [9.17, 15) is 13.2 Å². The highest BCUT2D eigenvalue weighted by molar-refractivity contribution is 9.10. The van der Waals surface area contributed by atoms with Crippen molar-refractivity contribution >= 4 is 43.5 Å². The van der Waals surface area contributed by atoms with Gasteiger partial charge in [0, 0.05) is 4.47 Å². The average molecular weight is 369 g/mol. The number of carbonyl (C=O) groups excluding carboxylic acids is 1. The maximum atomic E-state index is 11.9. The SMILES string of the molecule is NS(=O)(=O)c1cc(Br)cc(C(=O)OC2CCC2)c1Cl. The van der Waals surface area contributed by atoms with Crippen LogP contribution < -0.4 is 5.14 Å². The largest absolute Gasteiger partial charge is 0.459 e. The first-order chi connectivity index (χ1) is 8.79. The summed E-state index contributed by atoms with van der Waals surface area (Å²) in [5, 5.41) is 4.84. The Morgan fingerprint density at radius 3 is 2.53 bits per heavy atom. The molecule has 2 N–H and O–H groups in total. The lowest BCUT2D eigenvalue weighted by molar-refractivity contribution is 0.00899. The van der Waals surface area contributed by atoms with Crippen LogP contribution in [0.4, 0.5) is 0 Å². The highest BCUT2D eigenvalue weighted by Crippen LogP contribution is 2.31. The van der Waals surface area contributed by atoms with Gasteiger partial charge in [0.15, 0.2) is 0 Å². The molecule has 0 saturated heterocycles. The van der Waals surface area contributed by atoms with Crippen LogP contribution >= 0.6 is 27.5 Å². The van der Waals surface area contributed by atoms with Crippen molar-refractivity contribution in [3.63, 3.8) is 0 Å². The topological polar surface area (TPSA) is 86.5 Å². The second kappa shape index (κ2) is 5.40. The van der Waals surface area contributed by atoms with Crippen LogP contribution in [0.3, 0.4) is 0 Å². The van der Waals surface area contributed by atoms with E-state index in [1.54, 1.807) is 0 Å². The Bertz CT molecular complexity index is 628. The van der Waals surface area contributed by atoms with Crippen molar-refractivity contribution in [2.24, 2.45) is 5.14 Å². The van der Waals surface area contributed by atoms with Crippen LogP contribution in [0.5, 0.6) is 0 Å². The van der Waals surface area contributed by atoms with Crippen molar-refractivity contribution in [2.45, 2.75) is 30.3 Å². The molecule has 2 rings (SSSR count). The molecule has 104 valence electrons. The minimum atomic E-state index is -4.00. The maximum Gasteiger partial charge on any atom is 0.340 e. The molecule has 5 nitrogen and oxygen atoms in total. The Hall–Kier alpha value is -0.630. The quantitative estimate of drug-likeness (QED) is 0.830. The fourth-order valence-corrected chi connectivity index (χ4v) is 3.39. The predicted molar refractivity (Wildman–Crippen MR) is 73.6 cm³/mol. The first-order valence-electron chi connectivity index (χ1n) is 5.52. The zero-order valence-corrected chi connectivity index (χ0v) is 12.9. The van der Waals surface area contributed by atoms with Crippen LogP contribution in [0.2, 0.25) is 5.02 Å². The molecule has 1 saturated carbocycles. The number of hydrogen-bond donors (Lipinski definition) is 1. The summed E-state index contributed by atoms with van der Waals surface area (Å²) in [7, 11) is -4.00. The van der Waals surface area contributed by atoms with E-state index < -0.39 is 16.0 Å². The number of nitrogens with two attached hydrogens (primary N) is 1. The lowest BCUT2D eigenvalue weighted by atomic mass is 9.96. The number of primary sulfonamides is 1. The van der Waals surface area contributed by atoms with Crippen LogP contribution in [0.25, 0.3) is 0 Å². The minimum absolute atomic E-state index is 0.00744. The Kier molecular flexibility index (Phi) is 4.20. The lowest BCUT2D eigenvalue weighted by Gasteiger charge is -2.25. The van der Waals surface area contributed by atoms with Crippen molar-refractivity contribution in [3.8, 4) is 0 Å². The summed E-state index contributed by atoms with van der Waals surface area (Å²) in [4.78, 5) is 11.6. The number of ether oxygens (including phenoxy) is 1. The number of hydrogen-bond acceptors (Lipinski definition) is 4. The molecule has 19 heavy (non-hydrogen) atoms. The van der Waals surface area contributed by atoms with Crippen molar-refractivity contribution in [2.75, 3.05) is 0 Å². The van der Waals surface area contributed by atoms with E-state index in [4.69, 9.17) is 21.5 Å². The van der Waals surface area contributed by atoms with Gasteiger partial charge in [0.1, 0.15) is 11.0 Å². The smallest absolute Gasteiger partial charge is 0.340 e. The van der Waals surface area contributed by atoms with E-state index in [0.717, 1.165) is 19.3 Å². The molecule has 1 aliphatic carbocycles. The van der Waals surface area contributed by atoms with Crippen LogP contribution in [0.1, 0.15) is 29.6 Å². The highest BCUT2D eigenvalue weighted by Gasteiger charge is 2.26. The van der Waals surface area contributed by atoms with Crippen molar-refractivity contribution < 1.29 is 17.9 Å². The molecule has 0 atom stereocenters. The zero-order chi connectivity index (χ0) is 14.2. The van der Waals surface area contributed by atoms with Crippen molar-refractivity contribution in [3.05, 3.63) is 27.2 Å². The molecule has 0 amide bonds. The summed E-state index contributed by atoms with van der Waals surface area (Å²) >= 11 is 9.04. The van der Waals surface area contributed by atoms with E-state index in [0.29, 0.717) is 4.47 Å². The summed E-state index contributed by atoms with van der Waals surface area (Å²) in [5.74, 6) is -0.638. The number of rotatable bonds is 3. The molecule has 0 unspecified atom stereocenters. The molecule has 0 bridgehead atoms. The summed E-state index contributed by atoms with van der Waals surface area (Å²) in [5.41, 5.74) is -0.00744. The monoisotopic (exact) mass is 367 g/mol. The number of carbonyl (C=O) groups is 1. The average Bonchev–Trinajstić information content (AvgIpc) is 2.24. The molecular formula is C11H11BrClNO4S. The summed E-state index contributed by atoms with van der Waals surface area (Å²) in [6.45, 7) is 0. The number of sulfonamides is 1. The Balaban J connectivity index is 2.39. The Morgan fingerprint density at radius 2 is 2.05 bits per heavy atom. The molecule has 1 aromatic carbocycles. The maximum absolute atomic E-state index is 11.9. The van der Waals surface area contributed by atoms with E-state index in [2.05, 4.69) is 15.9 Å². The van der Waals surface area contributed by atoms with Gasteiger partial charge in [-0.1, -0.05) is 27.5 Å². The van der Waals surface area contributed by atoms with Gasteiger partial charge in [-0.2, -0.15) is 0 Å². The molecule has 0 aromatic heterocycles. The summed E-state index contributed by atoms with van der Waals surface area (Å²) in [6.07, 6.45) is 2.55. The molecule has 8 heteroatoms. The molecule has 0 heterocycles. The Morgan fingerprint density at radius 1 is 1.42 bits per heavy atom. The highest BCUT2D eigenvalue weighted by atomic mass is 79.9. The third kappa shape index (κ3) is 3.28. The summed E-state index contributed by atoms with van der Waals surface area (Å²) < 4.78 is 28.4. The van der Waals surface area contributed by atoms with Gasteiger partial charge in [0.05, 0.1) is 10.6 Å². The molecule has 0 radical (unpaired) electrons. The minimum Gasteiger partial charge on any atom is -0.459 e. The lowest BCUT2D eigenvalue weighted by Crippen LogP contribution is -2.25. The third-order valence-corrected chi connectivity index (χ3v) is 4.77. The Labute approximate surface area is 124 Å². The molecular weight excluding hydrogens is 358 g/mol. The van der Waals surface area contributed by atoms with Gasteiger partial charge in [-0.25, -0.2) is 18.4 Å². The molecule has 0 spiro atoms. The van der Waals surface area contributed by atoms with Crippen molar-refractivity contribution in [1.82, 2.24) is 0 Å². The van der Waals surface area contributed by atoms with Crippen molar-refractivity contribution in [1.29, 1.82) is 0 Å². The van der Waals surface area contributed by atoms with Gasteiger partial charge < -0.3 is 4.74 Å². The molecule has 1 aromatic rings. The number of halogens is 2. The first kappa shape index (κ1) is 14.8. The van der Waals surface area contributed by atoms with Gasteiger partial charge in [-0.3, -0.25) is 0 Å². The fraction of sp³-hybridized carbons (Fsp3) is 0.364. The normalized spacial score (nSPS) is 15.9. The van der Waals surface area contributed by atoms with Gasteiger partial charge in [-0.05, 0) is 31.4 Å². The number of benzene rings is 1. The van der Waals surface area contributed by atoms with Crippen LogP contribution in [0, 0.1) is 0 Å². The molecule has 1 aliphatic rings. The zero-order valence-electron chi connectivity index (χ0n) is 9.73. The standard InChI is InChI=1S/C11H11BrClNO4S/c12-6-4-8(11(15)18-7-2-1-3-7)10(13)9(5-6)19(14,16)17/h4-5,7H,1-3H2,(H2,14,16,17). The van der Waals surface area contributed by atoms with Gasteiger partial charge in [-0.15, -0.1) is 0 Å².